The lowest BCUT2D eigenvalue weighted by atomic mass is 10.1. The third-order valence-corrected chi connectivity index (χ3v) is 1.82. The average Bonchev–Trinajstić information content (AvgIpc) is 2.30. The van der Waals surface area contributed by atoms with Gasteiger partial charge in [-0.2, -0.15) is 0 Å². The highest BCUT2D eigenvalue weighted by molar-refractivity contribution is 5.67. The quantitative estimate of drug-likeness (QED) is 0.756. The fourth-order valence-corrected chi connectivity index (χ4v) is 1.09. The van der Waals surface area contributed by atoms with E-state index in [2.05, 4.69) is 18.5 Å². The summed E-state index contributed by atoms with van der Waals surface area (Å²) in [5.74, 6) is 0. The van der Waals surface area contributed by atoms with Crippen molar-refractivity contribution in [2.24, 2.45) is 0 Å². The number of anilines is 1. The van der Waals surface area contributed by atoms with Crippen LogP contribution in [-0.2, 0) is 0 Å². The van der Waals surface area contributed by atoms with Gasteiger partial charge in [-0.25, -0.2) is 0 Å². The van der Waals surface area contributed by atoms with E-state index in [0.717, 1.165) is 16.8 Å². The molecule has 14 heavy (non-hydrogen) atoms. The summed E-state index contributed by atoms with van der Waals surface area (Å²) in [6.45, 7) is 11.5. The van der Waals surface area contributed by atoms with E-state index in [-0.39, 0.29) is 0 Å². The number of hydrogen-bond donors (Lipinski definition) is 1. The second kappa shape index (κ2) is 6.96. The first-order valence-electron chi connectivity index (χ1n) is 4.88. The molecule has 1 aromatic carbocycles. The SMILES string of the molecule is C=Cc1ccc(NC)cc1C=C.CC. The van der Waals surface area contributed by atoms with Gasteiger partial charge < -0.3 is 5.32 Å². The van der Waals surface area contributed by atoms with Crippen LogP contribution in [0.15, 0.2) is 31.4 Å². The van der Waals surface area contributed by atoms with Gasteiger partial charge in [-0.05, 0) is 23.3 Å². The van der Waals surface area contributed by atoms with Crippen LogP contribution in [0, 0.1) is 0 Å². The number of rotatable bonds is 3. The minimum absolute atomic E-state index is 1.09. The molecule has 0 fully saturated rings. The van der Waals surface area contributed by atoms with E-state index in [1.54, 1.807) is 0 Å². The van der Waals surface area contributed by atoms with Crippen LogP contribution in [0.2, 0.25) is 0 Å². The van der Waals surface area contributed by atoms with Crippen molar-refractivity contribution in [2.75, 3.05) is 12.4 Å². The maximum atomic E-state index is 3.74. The van der Waals surface area contributed by atoms with E-state index >= 15 is 0 Å². The summed E-state index contributed by atoms with van der Waals surface area (Å²) in [4.78, 5) is 0. The molecule has 0 atom stereocenters. The number of hydrogen-bond acceptors (Lipinski definition) is 1. The molecule has 0 saturated heterocycles. The molecule has 0 aliphatic carbocycles. The second-order valence-corrected chi connectivity index (χ2v) is 2.50. The van der Waals surface area contributed by atoms with E-state index in [9.17, 15) is 0 Å². The zero-order valence-corrected chi connectivity index (χ0v) is 9.30. The lowest BCUT2D eigenvalue weighted by molar-refractivity contribution is 1.49. The van der Waals surface area contributed by atoms with Crippen LogP contribution in [-0.4, -0.2) is 7.05 Å². The van der Waals surface area contributed by atoms with Gasteiger partial charge in [0.25, 0.3) is 0 Å². The molecule has 1 aromatic rings. The Bertz CT molecular complexity index is 300. The van der Waals surface area contributed by atoms with Crippen LogP contribution in [0.25, 0.3) is 12.2 Å². The van der Waals surface area contributed by atoms with Crippen LogP contribution in [0.4, 0.5) is 5.69 Å². The van der Waals surface area contributed by atoms with Crippen LogP contribution in [0.5, 0.6) is 0 Å². The molecule has 0 spiro atoms. The van der Waals surface area contributed by atoms with Crippen molar-refractivity contribution in [2.45, 2.75) is 13.8 Å². The van der Waals surface area contributed by atoms with E-state index in [1.165, 1.54) is 0 Å². The van der Waals surface area contributed by atoms with Crippen molar-refractivity contribution < 1.29 is 0 Å². The lowest BCUT2D eigenvalue weighted by Crippen LogP contribution is -1.89. The fourth-order valence-electron chi connectivity index (χ4n) is 1.09. The van der Waals surface area contributed by atoms with Gasteiger partial charge in [-0.1, -0.05) is 45.2 Å². The second-order valence-electron chi connectivity index (χ2n) is 2.50. The Hall–Kier alpha value is -1.50. The summed E-state index contributed by atoms with van der Waals surface area (Å²) in [5, 5.41) is 3.07. The molecule has 0 aliphatic rings. The molecule has 0 heterocycles. The van der Waals surface area contributed by atoms with Gasteiger partial charge in [0.15, 0.2) is 0 Å². The number of benzene rings is 1. The summed E-state index contributed by atoms with van der Waals surface area (Å²) < 4.78 is 0. The predicted octanol–water partition coefficient (Wildman–Crippen LogP) is 4.04. The van der Waals surface area contributed by atoms with Gasteiger partial charge in [0.2, 0.25) is 0 Å². The molecule has 0 aromatic heterocycles. The third kappa shape index (κ3) is 3.09. The van der Waals surface area contributed by atoms with E-state index in [4.69, 9.17) is 0 Å². The molecule has 1 heteroatoms. The monoisotopic (exact) mass is 189 g/mol. The van der Waals surface area contributed by atoms with Gasteiger partial charge in [0.05, 0.1) is 0 Å². The minimum Gasteiger partial charge on any atom is -0.388 e. The summed E-state index contributed by atoms with van der Waals surface area (Å²) >= 11 is 0. The Balaban J connectivity index is 0.000000791. The van der Waals surface area contributed by atoms with E-state index in [0.29, 0.717) is 0 Å². The largest absolute Gasteiger partial charge is 0.388 e. The predicted molar refractivity (Wildman–Crippen MR) is 67.5 cm³/mol. The van der Waals surface area contributed by atoms with Crippen molar-refractivity contribution in [1.82, 2.24) is 0 Å². The summed E-state index contributed by atoms with van der Waals surface area (Å²) in [7, 11) is 1.90. The minimum atomic E-state index is 1.09. The normalized spacial score (nSPS) is 8.21. The Labute approximate surface area is 87.2 Å². The van der Waals surface area contributed by atoms with Gasteiger partial charge >= 0.3 is 0 Å². The van der Waals surface area contributed by atoms with Gasteiger partial charge in [-0.15, -0.1) is 0 Å². The Morgan fingerprint density at radius 3 is 2.07 bits per heavy atom. The molecule has 0 saturated carbocycles. The molecule has 76 valence electrons. The topological polar surface area (TPSA) is 12.0 Å². The standard InChI is InChI=1S/C11H13N.C2H6/c1-4-9-6-7-11(12-3)8-10(9)5-2;1-2/h4-8,12H,1-2H2,3H3;1-2H3. The first kappa shape index (κ1) is 12.5. The van der Waals surface area contributed by atoms with Crippen molar-refractivity contribution in [3.05, 3.63) is 42.5 Å². The van der Waals surface area contributed by atoms with Crippen LogP contribution >= 0.6 is 0 Å². The maximum absolute atomic E-state index is 3.74. The number of nitrogens with one attached hydrogen (secondary N) is 1. The molecule has 1 N–H and O–H groups in total. The molecule has 1 rings (SSSR count). The molecule has 0 aliphatic heterocycles. The molecule has 0 unspecified atom stereocenters. The van der Waals surface area contributed by atoms with Gasteiger partial charge in [-0.3, -0.25) is 0 Å². The first-order chi connectivity index (χ1) is 6.81. The van der Waals surface area contributed by atoms with Crippen molar-refractivity contribution >= 4 is 17.8 Å². The summed E-state index contributed by atoms with van der Waals surface area (Å²) in [5.41, 5.74) is 3.32. The molecule has 0 amide bonds. The Morgan fingerprint density at radius 2 is 1.64 bits per heavy atom. The molecule has 1 nitrogen and oxygen atoms in total. The van der Waals surface area contributed by atoms with Crippen LogP contribution in [0.1, 0.15) is 25.0 Å². The highest BCUT2D eigenvalue weighted by atomic mass is 14.8. The van der Waals surface area contributed by atoms with Crippen LogP contribution < -0.4 is 5.32 Å². The zero-order chi connectivity index (χ0) is 11.0. The highest BCUT2D eigenvalue weighted by Crippen LogP contribution is 2.17. The Kier molecular flexibility index (Phi) is 6.21. The Morgan fingerprint density at radius 1 is 1.07 bits per heavy atom. The summed E-state index contributed by atoms with van der Waals surface area (Å²) in [6.07, 6.45) is 3.66. The van der Waals surface area contributed by atoms with Crippen molar-refractivity contribution in [3.8, 4) is 0 Å². The molecular formula is C13H19N. The molecule has 0 radical (unpaired) electrons. The first-order valence-corrected chi connectivity index (χ1v) is 4.88. The zero-order valence-electron chi connectivity index (χ0n) is 9.30. The average molecular weight is 189 g/mol. The third-order valence-electron chi connectivity index (χ3n) is 1.82. The lowest BCUT2D eigenvalue weighted by Gasteiger charge is -2.04. The van der Waals surface area contributed by atoms with Gasteiger partial charge in [0.1, 0.15) is 0 Å². The van der Waals surface area contributed by atoms with Crippen molar-refractivity contribution in [3.63, 3.8) is 0 Å². The molecular weight excluding hydrogens is 170 g/mol. The highest BCUT2D eigenvalue weighted by Gasteiger charge is 1.95. The smallest absolute Gasteiger partial charge is 0.0343 e. The maximum Gasteiger partial charge on any atom is 0.0343 e. The van der Waals surface area contributed by atoms with E-state index in [1.807, 2.05) is 51.2 Å². The van der Waals surface area contributed by atoms with Crippen LogP contribution in [0.3, 0.4) is 0 Å². The van der Waals surface area contributed by atoms with E-state index < -0.39 is 0 Å². The fraction of sp³-hybridized carbons (Fsp3) is 0.231. The molecule has 0 bridgehead atoms. The van der Waals surface area contributed by atoms with Crippen molar-refractivity contribution in [1.29, 1.82) is 0 Å². The summed E-state index contributed by atoms with van der Waals surface area (Å²) in [6, 6.07) is 6.09. The van der Waals surface area contributed by atoms with Gasteiger partial charge in [0, 0.05) is 12.7 Å².